The number of benzene rings is 2. The van der Waals surface area contributed by atoms with Gasteiger partial charge in [0.2, 0.25) is 15.9 Å². The molecule has 2 atom stereocenters. The number of halogens is 6. The van der Waals surface area contributed by atoms with Crippen LogP contribution in [0.4, 0.5) is 26.3 Å². The summed E-state index contributed by atoms with van der Waals surface area (Å²) in [5.74, 6) is -1.07. The lowest BCUT2D eigenvalue weighted by atomic mass is 9.86. The van der Waals surface area contributed by atoms with Crippen molar-refractivity contribution in [2.24, 2.45) is 0 Å². The molecule has 1 aliphatic carbocycles. The molecule has 1 aliphatic rings. The molecular weight excluding hydrogens is 564 g/mol. The Morgan fingerprint density at radius 1 is 1.07 bits per heavy atom. The topological polar surface area (TPSA) is 108 Å². The summed E-state index contributed by atoms with van der Waals surface area (Å²) in [6, 6.07) is 4.37. The molecule has 2 aromatic rings. The minimum absolute atomic E-state index is 0.0684. The van der Waals surface area contributed by atoms with E-state index in [1.165, 1.54) is 4.72 Å². The van der Waals surface area contributed by atoms with E-state index >= 15 is 0 Å². The van der Waals surface area contributed by atoms with Gasteiger partial charge >= 0.3 is 12.4 Å². The number of sulfonamides is 1. The quantitative estimate of drug-likeness (QED) is 0.306. The molecule has 0 bridgehead atoms. The second-order valence-corrected chi connectivity index (χ2v) is 12.1. The van der Waals surface area contributed by atoms with E-state index in [0.29, 0.717) is 31.9 Å². The molecule has 0 aromatic heterocycles. The van der Waals surface area contributed by atoms with Gasteiger partial charge in [0.05, 0.1) is 29.5 Å². The van der Waals surface area contributed by atoms with Gasteiger partial charge in [-0.15, -0.1) is 0 Å². The van der Waals surface area contributed by atoms with Crippen molar-refractivity contribution in [3.63, 3.8) is 0 Å². The zero-order valence-electron chi connectivity index (χ0n) is 21.8. The highest BCUT2D eigenvalue weighted by Crippen LogP contribution is 2.33. The summed E-state index contributed by atoms with van der Waals surface area (Å²) < 4.78 is 107. The van der Waals surface area contributed by atoms with E-state index in [0.717, 1.165) is 28.8 Å². The van der Waals surface area contributed by atoms with Crippen LogP contribution in [0, 0.1) is 0 Å². The van der Waals surface area contributed by atoms with Gasteiger partial charge in [0.15, 0.2) is 0 Å². The number of aliphatic hydroxyl groups excluding tert-OH is 1. The third kappa shape index (κ3) is 8.41. The lowest BCUT2D eigenvalue weighted by Gasteiger charge is -2.29. The van der Waals surface area contributed by atoms with E-state index in [-0.39, 0.29) is 12.7 Å². The van der Waals surface area contributed by atoms with E-state index in [4.69, 9.17) is 0 Å². The Balaban J connectivity index is 1.72. The predicted molar refractivity (Wildman–Crippen MR) is 134 cm³/mol. The maximum absolute atomic E-state index is 13.7. The molecule has 0 spiro atoms. The molecule has 0 aliphatic heterocycles. The number of fused-ring (bicyclic) bond motifs is 1. The van der Waals surface area contributed by atoms with Gasteiger partial charge in [-0.1, -0.05) is 24.3 Å². The fraction of sp³-hybridized carbons (Fsp3) is 0.500. The summed E-state index contributed by atoms with van der Waals surface area (Å²) >= 11 is 0. The molecule has 3 rings (SSSR count). The van der Waals surface area contributed by atoms with E-state index < -0.39 is 62.8 Å². The number of amides is 1. The summed E-state index contributed by atoms with van der Waals surface area (Å²) in [5, 5.41) is 15.2. The Morgan fingerprint density at radius 3 is 2.40 bits per heavy atom. The first-order valence-electron chi connectivity index (χ1n) is 12.4. The Hall–Kier alpha value is -2.68. The summed E-state index contributed by atoms with van der Waals surface area (Å²) in [5.41, 5.74) is 0.731. The summed E-state index contributed by atoms with van der Waals surface area (Å²) in [4.78, 5) is 11.7. The van der Waals surface area contributed by atoms with Gasteiger partial charge in [0, 0.05) is 12.1 Å². The van der Waals surface area contributed by atoms with Gasteiger partial charge in [0.25, 0.3) is 0 Å². The fourth-order valence-electron chi connectivity index (χ4n) is 4.28. The predicted octanol–water partition coefficient (Wildman–Crippen LogP) is 4.36. The minimum Gasteiger partial charge on any atom is -0.394 e. The van der Waals surface area contributed by atoms with Crippen molar-refractivity contribution in [3.05, 3.63) is 64.7 Å². The average Bonchev–Trinajstić information content (AvgIpc) is 2.86. The zero-order valence-corrected chi connectivity index (χ0v) is 22.6. The van der Waals surface area contributed by atoms with E-state index in [1.54, 1.807) is 6.07 Å². The number of alkyl halides is 6. The lowest BCUT2D eigenvalue weighted by Crippen LogP contribution is -2.48. The first kappa shape index (κ1) is 31.8. The minimum atomic E-state index is -5.19. The Kier molecular flexibility index (Phi) is 9.59. The normalized spacial score (nSPS) is 17.3. The van der Waals surface area contributed by atoms with Crippen LogP contribution in [0.25, 0.3) is 0 Å². The SMILES string of the molecule is CC(C)(CO)NCc1ccc2c(c1)CCC[C@H]2NC(=O)C[C@H](NS(=O)(=O)c1cccc(C(F)(F)F)c1)C(F)(F)F. The van der Waals surface area contributed by atoms with Crippen LogP contribution in [0.3, 0.4) is 0 Å². The molecule has 0 saturated carbocycles. The van der Waals surface area contributed by atoms with Crippen molar-refractivity contribution in [2.45, 2.75) is 80.9 Å². The van der Waals surface area contributed by atoms with Crippen LogP contribution in [0.15, 0.2) is 47.4 Å². The highest BCUT2D eigenvalue weighted by atomic mass is 32.2. The number of hydrogen-bond acceptors (Lipinski definition) is 5. The summed E-state index contributed by atoms with van der Waals surface area (Å²) in [6.07, 6.45) is -9.59. The van der Waals surface area contributed by atoms with E-state index in [2.05, 4.69) is 10.6 Å². The molecule has 7 nitrogen and oxygen atoms in total. The molecular formula is C26H31F6N3O4S. The Bertz CT molecular complexity index is 1310. The zero-order chi connectivity index (χ0) is 29.9. The highest BCUT2D eigenvalue weighted by molar-refractivity contribution is 7.89. The second-order valence-electron chi connectivity index (χ2n) is 10.4. The molecule has 40 heavy (non-hydrogen) atoms. The van der Waals surface area contributed by atoms with Gasteiger partial charge in [0.1, 0.15) is 6.04 Å². The van der Waals surface area contributed by atoms with Gasteiger partial charge in [-0.25, -0.2) is 8.42 Å². The van der Waals surface area contributed by atoms with Crippen LogP contribution in [0.2, 0.25) is 0 Å². The average molecular weight is 596 g/mol. The third-order valence-electron chi connectivity index (χ3n) is 6.58. The smallest absolute Gasteiger partial charge is 0.394 e. The number of aryl methyl sites for hydroxylation is 1. The largest absolute Gasteiger partial charge is 0.416 e. The number of hydrogen-bond donors (Lipinski definition) is 4. The maximum Gasteiger partial charge on any atom is 0.416 e. The number of rotatable bonds is 10. The number of carbonyl (C=O) groups is 1. The Labute approximate surface area is 228 Å². The molecule has 4 N–H and O–H groups in total. The first-order valence-corrected chi connectivity index (χ1v) is 13.9. The number of nitrogens with one attached hydrogen (secondary N) is 3. The van der Waals surface area contributed by atoms with Crippen molar-refractivity contribution in [2.75, 3.05) is 6.61 Å². The molecule has 14 heteroatoms. The van der Waals surface area contributed by atoms with E-state index in [1.807, 2.05) is 26.0 Å². The second kappa shape index (κ2) is 12.0. The molecule has 2 aromatic carbocycles. The molecule has 0 fully saturated rings. The van der Waals surface area contributed by atoms with Gasteiger partial charge in [-0.3, -0.25) is 4.79 Å². The molecule has 0 saturated heterocycles. The van der Waals surface area contributed by atoms with Crippen LogP contribution in [-0.4, -0.2) is 43.8 Å². The lowest BCUT2D eigenvalue weighted by molar-refractivity contribution is -0.158. The molecule has 0 unspecified atom stereocenters. The molecule has 222 valence electrons. The third-order valence-corrected chi connectivity index (χ3v) is 8.05. The van der Waals surface area contributed by atoms with Crippen LogP contribution >= 0.6 is 0 Å². The van der Waals surface area contributed by atoms with Crippen LogP contribution in [0.1, 0.15) is 61.4 Å². The standard InChI is InChI=1S/C26H31F6N3O4S/c1-24(2,15-36)33-14-16-9-10-20-17(11-16)5-3-8-21(20)34-23(37)13-22(26(30,31)32)35-40(38,39)19-7-4-6-18(12-19)25(27,28)29/h4,6-7,9-12,21-22,33,35-36H,3,5,8,13-15H2,1-2H3,(H,34,37)/t21-,22+/m1/s1. The molecule has 1 amide bonds. The van der Waals surface area contributed by atoms with Gasteiger partial charge < -0.3 is 15.7 Å². The van der Waals surface area contributed by atoms with Crippen molar-refractivity contribution < 1.29 is 44.7 Å². The van der Waals surface area contributed by atoms with Crippen LogP contribution in [-0.2, 0) is 34.0 Å². The monoisotopic (exact) mass is 595 g/mol. The van der Waals surface area contributed by atoms with Crippen LogP contribution < -0.4 is 15.4 Å². The van der Waals surface area contributed by atoms with Crippen molar-refractivity contribution in [3.8, 4) is 0 Å². The number of aliphatic hydroxyl groups is 1. The van der Waals surface area contributed by atoms with E-state index in [9.17, 15) is 44.7 Å². The summed E-state index contributed by atoms with van der Waals surface area (Å²) in [6.45, 7) is 4.08. The fourth-order valence-corrected chi connectivity index (χ4v) is 5.55. The highest BCUT2D eigenvalue weighted by Gasteiger charge is 2.44. The number of carbonyl (C=O) groups excluding carboxylic acids is 1. The van der Waals surface area contributed by atoms with Gasteiger partial charge in [-0.2, -0.15) is 31.1 Å². The first-order chi connectivity index (χ1) is 18.4. The molecule has 0 radical (unpaired) electrons. The Morgan fingerprint density at radius 2 is 1.77 bits per heavy atom. The van der Waals surface area contributed by atoms with Gasteiger partial charge in [-0.05, 0) is 68.0 Å². The maximum atomic E-state index is 13.7. The summed E-state index contributed by atoms with van der Waals surface area (Å²) in [7, 11) is -5.05. The van der Waals surface area contributed by atoms with Crippen molar-refractivity contribution >= 4 is 15.9 Å². The van der Waals surface area contributed by atoms with Crippen LogP contribution in [0.5, 0.6) is 0 Å². The van der Waals surface area contributed by atoms with Crippen molar-refractivity contribution in [1.29, 1.82) is 0 Å². The van der Waals surface area contributed by atoms with Crippen molar-refractivity contribution in [1.82, 2.24) is 15.4 Å². The molecule has 0 heterocycles.